The third-order valence-electron chi connectivity index (χ3n) is 2.17. The zero-order valence-electron chi connectivity index (χ0n) is 6.82. The van der Waals surface area contributed by atoms with Gasteiger partial charge in [-0.15, -0.1) is 0 Å². The van der Waals surface area contributed by atoms with Crippen LogP contribution in [-0.4, -0.2) is 41.4 Å². The molecule has 1 fully saturated rings. The second kappa shape index (κ2) is 4.21. The molecule has 4 heteroatoms. The molecule has 12 heavy (non-hydrogen) atoms. The minimum Gasteiger partial charge on any atom is -0.480 e. The first-order chi connectivity index (χ1) is 5.75. The first-order valence-electron chi connectivity index (χ1n) is 4.07. The number of aliphatic carboxylic acids is 1. The smallest absolute Gasteiger partial charge is 0.320 e. The van der Waals surface area contributed by atoms with Crippen LogP contribution in [0.1, 0.15) is 19.3 Å². The van der Waals surface area contributed by atoms with Gasteiger partial charge in [-0.05, 0) is 19.4 Å². The van der Waals surface area contributed by atoms with Gasteiger partial charge >= 0.3 is 5.97 Å². The number of carbonyl (C=O) groups excluding carboxylic acids is 1. The summed E-state index contributed by atoms with van der Waals surface area (Å²) in [5.41, 5.74) is 0. The van der Waals surface area contributed by atoms with Crippen LogP contribution in [0.4, 0.5) is 0 Å². The zero-order valence-corrected chi connectivity index (χ0v) is 6.82. The Kier molecular flexibility index (Phi) is 3.22. The molecular weight excluding hydrogens is 158 g/mol. The highest BCUT2D eigenvalue weighted by Crippen LogP contribution is 2.15. The molecule has 0 saturated carbocycles. The Bertz CT molecular complexity index is 181. The summed E-state index contributed by atoms with van der Waals surface area (Å²) >= 11 is 0. The normalized spacial score (nSPS) is 25.2. The van der Waals surface area contributed by atoms with Gasteiger partial charge in [0.05, 0.1) is 6.54 Å². The Morgan fingerprint density at radius 1 is 1.58 bits per heavy atom. The molecule has 4 nitrogen and oxygen atoms in total. The van der Waals surface area contributed by atoms with Crippen molar-refractivity contribution in [3.8, 4) is 0 Å². The van der Waals surface area contributed by atoms with Crippen LogP contribution in [0, 0.1) is 0 Å². The van der Waals surface area contributed by atoms with E-state index in [2.05, 4.69) is 0 Å². The van der Waals surface area contributed by atoms with Gasteiger partial charge in [0.15, 0.2) is 0 Å². The lowest BCUT2D eigenvalue weighted by atomic mass is 10.0. The molecule has 1 rings (SSSR count). The van der Waals surface area contributed by atoms with Crippen molar-refractivity contribution in [2.24, 2.45) is 0 Å². The van der Waals surface area contributed by atoms with E-state index in [-0.39, 0.29) is 6.54 Å². The van der Waals surface area contributed by atoms with Crippen LogP contribution in [0.25, 0.3) is 0 Å². The highest BCUT2D eigenvalue weighted by molar-refractivity contribution is 5.74. The molecule has 1 N–H and O–H groups in total. The third kappa shape index (κ3) is 2.04. The summed E-state index contributed by atoms with van der Waals surface area (Å²) < 4.78 is 0. The van der Waals surface area contributed by atoms with Gasteiger partial charge < -0.3 is 5.11 Å². The van der Waals surface area contributed by atoms with Gasteiger partial charge in [-0.2, -0.15) is 0 Å². The molecule has 0 aromatic rings. The fourth-order valence-corrected chi connectivity index (χ4v) is 1.54. The van der Waals surface area contributed by atoms with Crippen molar-refractivity contribution in [1.82, 2.24) is 4.90 Å². The molecule has 1 heterocycles. The fraction of sp³-hybridized carbons (Fsp3) is 0.750. The molecule has 1 aliphatic rings. The Morgan fingerprint density at radius 3 is 2.92 bits per heavy atom. The highest BCUT2D eigenvalue weighted by Gasteiger charge is 2.27. The summed E-state index contributed by atoms with van der Waals surface area (Å²) in [6, 6.07) is -0.472. The van der Waals surface area contributed by atoms with Crippen LogP contribution in [0.2, 0.25) is 0 Å². The molecule has 1 saturated heterocycles. The van der Waals surface area contributed by atoms with Crippen LogP contribution in [-0.2, 0) is 9.59 Å². The first kappa shape index (κ1) is 9.19. The second-order valence-electron chi connectivity index (χ2n) is 2.96. The largest absolute Gasteiger partial charge is 0.480 e. The van der Waals surface area contributed by atoms with Gasteiger partial charge in [-0.3, -0.25) is 14.5 Å². The Hall–Kier alpha value is -0.900. The summed E-state index contributed by atoms with van der Waals surface area (Å²) in [4.78, 5) is 22.4. The van der Waals surface area contributed by atoms with Crippen LogP contribution < -0.4 is 0 Å². The van der Waals surface area contributed by atoms with E-state index in [1.54, 1.807) is 11.2 Å². The summed E-state index contributed by atoms with van der Waals surface area (Å²) in [7, 11) is 0. The maximum absolute atomic E-state index is 10.7. The molecule has 1 radical (unpaired) electrons. The number of carboxylic acid groups (broad SMARTS) is 1. The monoisotopic (exact) mass is 170 g/mol. The van der Waals surface area contributed by atoms with E-state index in [1.165, 1.54) is 0 Å². The number of nitrogens with zero attached hydrogens (tertiary/aromatic N) is 1. The van der Waals surface area contributed by atoms with E-state index < -0.39 is 12.0 Å². The van der Waals surface area contributed by atoms with E-state index in [0.717, 1.165) is 12.8 Å². The highest BCUT2D eigenvalue weighted by atomic mass is 16.4. The molecule has 0 aliphatic carbocycles. The van der Waals surface area contributed by atoms with Crippen molar-refractivity contribution < 1.29 is 14.7 Å². The molecule has 0 aromatic heterocycles. The van der Waals surface area contributed by atoms with Gasteiger partial charge in [0.2, 0.25) is 6.29 Å². The summed E-state index contributed by atoms with van der Waals surface area (Å²) in [6.45, 7) is 0.823. The number of piperidine rings is 1. The number of rotatable bonds is 3. The van der Waals surface area contributed by atoms with Crippen molar-refractivity contribution in [1.29, 1.82) is 0 Å². The summed E-state index contributed by atoms with van der Waals surface area (Å²) in [6.07, 6.45) is 4.30. The standard InChI is InChI=1S/C8H12NO3/c10-6-5-9-4-2-1-3-7(9)8(11)12/h7H,1-5H2,(H,11,12). The van der Waals surface area contributed by atoms with E-state index in [9.17, 15) is 9.59 Å². The average Bonchev–Trinajstić information content (AvgIpc) is 2.05. The summed E-state index contributed by atoms with van der Waals surface area (Å²) in [5.74, 6) is -0.829. The molecule has 0 aromatic carbocycles. The van der Waals surface area contributed by atoms with Crippen molar-refractivity contribution in [3.05, 3.63) is 0 Å². The minimum absolute atomic E-state index is 0.122. The van der Waals surface area contributed by atoms with Crippen LogP contribution in [0.3, 0.4) is 0 Å². The first-order valence-corrected chi connectivity index (χ1v) is 4.07. The second-order valence-corrected chi connectivity index (χ2v) is 2.96. The van der Waals surface area contributed by atoms with Crippen molar-refractivity contribution >= 4 is 12.3 Å². The van der Waals surface area contributed by atoms with E-state index in [1.807, 2.05) is 0 Å². The molecule has 67 valence electrons. The van der Waals surface area contributed by atoms with Gasteiger partial charge in [-0.1, -0.05) is 6.42 Å². The number of carbonyl (C=O) groups is 1. The van der Waals surface area contributed by atoms with Crippen molar-refractivity contribution in [3.63, 3.8) is 0 Å². The fourth-order valence-electron chi connectivity index (χ4n) is 1.54. The predicted molar refractivity (Wildman–Crippen MR) is 42.5 cm³/mol. The van der Waals surface area contributed by atoms with E-state index in [0.29, 0.717) is 13.0 Å². The van der Waals surface area contributed by atoms with Crippen LogP contribution in [0.5, 0.6) is 0 Å². The zero-order chi connectivity index (χ0) is 8.97. The predicted octanol–water partition coefficient (Wildman–Crippen LogP) is 0.0352. The Labute approximate surface area is 71.2 Å². The van der Waals surface area contributed by atoms with Crippen LogP contribution in [0.15, 0.2) is 0 Å². The maximum Gasteiger partial charge on any atom is 0.320 e. The molecule has 1 aliphatic heterocycles. The van der Waals surface area contributed by atoms with Crippen molar-refractivity contribution in [2.75, 3.05) is 13.1 Å². The molecule has 0 spiro atoms. The van der Waals surface area contributed by atoms with Crippen molar-refractivity contribution in [2.45, 2.75) is 25.3 Å². The van der Waals surface area contributed by atoms with E-state index in [4.69, 9.17) is 5.11 Å². The maximum atomic E-state index is 10.7. The SMILES string of the molecule is O=[C]CN1CCCCC1C(=O)O. The number of hydrogen-bond acceptors (Lipinski definition) is 3. The molecular formula is C8H12NO3. The Balaban J connectivity index is 2.53. The topological polar surface area (TPSA) is 57.6 Å². The van der Waals surface area contributed by atoms with Crippen LogP contribution >= 0.6 is 0 Å². The van der Waals surface area contributed by atoms with E-state index >= 15 is 0 Å². The molecule has 1 atom stereocenters. The molecule has 0 bridgehead atoms. The lowest BCUT2D eigenvalue weighted by Gasteiger charge is -2.30. The quantitative estimate of drug-likeness (QED) is 0.649. The average molecular weight is 170 g/mol. The van der Waals surface area contributed by atoms with Gasteiger partial charge in [0, 0.05) is 0 Å². The summed E-state index contributed by atoms with van der Waals surface area (Å²) in [5, 5.41) is 8.76. The third-order valence-corrected chi connectivity index (χ3v) is 2.17. The van der Waals surface area contributed by atoms with Gasteiger partial charge in [-0.25, -0.2) is 0 Å². The number of carboxylic acids is 1. The number of likely N-dealkylation sites (tertiary alicyclic amines) is 1. The lowest BCUT2D eigenvalue weighted by molar-refractivity contribution is -0.144. The Morgan fingerprint density at radius 2 is 2.33 bits per heavy atom. The van der Waals surface area contributed by atoms with Gasteiger partial charge in [0.25, 0.3) is 0 Å². The molecule has 1 unspecified atom stereocenters. The minimum atomic E-state index is -0.829. The molecule has 0 amide bonds. The van der Waals surface area contributed by atoms with Gasteiger partial charge in [0.1, 0.15) is 6.04 Å². The lowest BCUT2D eigenvalue weighted by Crippen LogP contribution is -2.45. The number of hydrogen-bond donors (Lipinski definition) is 1.